The van der Waals surface area contributed by atoms with E-state index in [1.54, 1.807) is 6.92 Å². The number of ether oxygens (including phenoxy) is 1. The van der Waals surface area contributed by atoms with Gasteiger partial charge in [0, 0.05) is 23.9 Å². The molecule has 0 fully saturated rings. The summed E-state index contributed by atoms with van der Waals surface area (Å²) in [7, 11) is 0. The Morgan fingerprint density at radius 1 is 1.27 bits per heavy atom. The minimum atomic E-state index is -0.922. The maximum absolute atomic E-state index is 13.7. The molecule has 0 bridgehead atoms. The molecule has 8 heteroatoms. The number of imide groups is 1. The number of nitrogens with one attached hydrogen (secondary N) is 1. The summed E-state index contributed by atoms with van der Waals surface area (Å²) in [6.45, 7) is 1.18. The van der Waals surface area contributed by atoms with Crippen molar-refractivity contribution >= 4 is 17.5 Å². The van der Waals surface area contributed by atoms with E-state index in [0.29, 0.717) is 0 Å². The lowest BCUT2D eigenvalue weighted by Gasteiger charge is -2.14. The molecule has 0 unspecified atom stereocenters. The van der Waals surface area contributed by atoms with Gasteiger partial charge in [-0.05, 0) is 6.92 Å². The number of carbonyl (C=O) groups is 2. The van der Waals surface area contributed by atoms with Crippen LogP contribution in [0, 0.1) is 11.6 Å². The van der Waals surface area contributed by atoms with Crippen LogP contribution in [-0.4, -0.2) is 41.6 Å². The Morgan fingerprint density at radius 3 is 2.45 bits per heavy atom. The minimum absolute atomic E-state index is 0.0308. The van der Waals surface area contributed by atoms with Gasteiger partial charge in [-0.2, -0.15) is 0 Å². The van der Waals surface area contributed by atoms with E-state index in [2.05, 4.69) is 5.32 Å². The molecule has 1 aliphatic heterocycles. The van der Waals surface area contributed by atoms with Gasteiger partial charge in [-0.3, -0.25) is 14.5 Å². The van der Waals surface area contributed by atoms with E-state index in [1.165, 1.54) is 0 Å². The Balaban J connectivity index is 2.20. The number of halogens is 2. The molecular formula is C14H14F2N2O4. The molecule has 0 aliphatic carbocycles. The second-order valence-electron chi connectivity index (χ2n) is 4.40. The summed E-state index contributed by atoms with van der Waals surface area (Å²) in [5.41, 5.74) is -0.155. The fourth-order valence-electron chi connectivity index (χ4n) is 1.98. The summed E-state index contributed by atoms with van der Waals surface area (Å²) in [5, 5.41) is 11.3. The number of aliphatic hydroxyl groups excluding tert-OH is 1. The molecule has 22 heavy (non-hydrogen) atoms. The van der Waals surface area contributed by atoms with Crippen LogP contribution in [-0.2, 0) is 9.59 Å². The van der Waals surface area contributed by atoms with E-state index in [1.807, 2.05) is 0 Å². The van der Waals surface area contributed by atoms with Gasteiger partial charge in [0.25, 0.3) is 11.8 Å². The zero-order chi connectivity index (χ0) is 16.3. The Morgan fingerprint density at radius 2 is 1.91 bits per heavy atom. The summed E-state index contributed by atoms with van der Waals surface area (Å²) in [6, 6.07) is 1.92. The maximum atomic E-state index is 13.7. The minimum Gasteiger partial charge on any atom is -0.488 e. The first-order valence-electron chi connectivity index (χ1n) is 6.55. The first-order chi connectivity index (χ1) is 10.5. The molecule has 1 heterocycles. The highest BCUT2D eigenvalue weighted by atomic mass is 19.1. The van der Waals surface area contributed by atoms with Gasteiger partial charge in [0.15, 0.2) is 17.4 Å². The molecule has 2 amide bonds. The van der Waals surface area contributed by atoms with E-state index in [9.17, 15) is 18.4 Å². The highest BCUT2D eigenvalue weighted by Crippen LogP contribution is 2.27. The van der Waals surface area contributed by atoms with Gasteiger partial charge in [-0.25, -0.2) is 8.78 Å². The molecule has 0 saturated carbocycles. The van der Waals surface area contributed by atoms with Gasteiger partial charge >= 0.3 is 0 Å². The first-order valence-corrected chi connectivity index (χ1v) is 6.55. The lowest BCUT2D eigenvalue weighted by molar-refractivity contribution is -0.137. The first kappa shape index (κ1) is 15.9. The second-order valence-corrected chi connectivity index (χ2v) is 4.40. The van der Waals surface area contributed by atoms with Crippen molar-refractivity contribution in [3.8, 4) is 5.75 Å². The largest absolute Gasteiger partial charge is 0.488 e. The Kier molecular flexibility index (Phi) is 4.71. The van der Waals surface area contributed by atoms with Crippen LogP contribution in [0.2, 0.25) is 0 Å². The van der Waals surface area contributed by atoms with Crippen LogP contribution in [0.4, 0.5) is 14.5 Å². The van der Waals surface area contributed by atoms with E-state index < -0.39 is 29.2 Å². The Hall–Kier alpha value is -2.48. The van der Waals surface area contributed by atoms with E-state index >= 15 is 0 Å². The lowest BCUT2D eigenvalue weighted by atomic mass is 10.2. The van der Waals surface area contributed by atoms with Crippen molar-refractivity contribution in [1.82, 2.24) is 4.90 Å². The van der Waals surface area contributed by atoms with Gasteiger partial charge in [-0.15, -0.1) is 0 Å². The predicted octanol–water partition coefficient (Wildman–Crippen LogP) is 1.02. The average molecular weight is 312 g/mol. The van der Waals surface area contributed by atoms with E-state index in [-0.39, 0.29) is 31.1 Å². The fraction of sp³-hybridized carbons (Fsp3) is 0.286. The van der Waals surface area contributed by atoms with Crippen LogP contribution >= 0.6 is 0 Å². The van der Waals surface area contributed by atoms with Crippen LogP contribution in [0.15, 0.2) is 23.9 Å². The molecule has 0 aromatic heterocycles. The molecular weight excluding hydrogens is 298 g/mol. The third-order valence-corrected chi connectivity index (χ3v) is 2.90. The monoisotopic (exact) mass is 312 g/mol. The molecule has 0 radical (unpaired) electrons. The lowest BCUT2D eigenvalue weighted by Crippen LogP contribution is -2.34. The van der Waals surface area contributed by atoms with Gasteiger partial charge in [0.2, 0.25) is 0 Å². The average Bonchev–Trinajstić information content (AvgIpc) is 2.71. The number of benzene rings is 1. The Bertz CT molecular complexity index is 623. The topological polar surface area (TPSA) is 78.9 Å². The van der Waals surface area contributed by atoms with Crippen molar-refractivity contribution < 1.29 is 28.2 Å². The fourth-order valence-corrected chi connectivity index (χ4v) is 1.98. The van der Waals surface area contributed by atoms with Crippen LogP contribution in [0.1, 0.15) is 6.92 Å². The second kappa shape index (κ2) is 6.52. The number of aliphatic hydroxyl groups is 1. The van der Waals surface area contributed by atoms with Crippen molar-refractivity contribution in [2.24, 2.45) is 0 Å². The molecule has 6 nitrogen and oxygen atoms in total. The van der Waals surface area contributed by atoms with E-state index in [4.69, 9.17) is 9.84 Å². The molecule has 0 saturated heterocycles. The highest BCUT2D eigenvalue weighted by molar-refractivity contribution is 6.17. The van der Waals surface area contributed by atoms with E-state index in [0.717, 1.165) is 23.1 Å². The molecule has 1 aromatic carbocycles. The third-order valence-electron chi connectivity index (χ3n) is 2.90. The molecule has 0 atom stereocenters. The zero-order valence-electron chi connectivity index (χ0n) is 11.7. The summed E-state index contributed by atoms with van der Waals surface area (Å²) in [4.78, 5) is 24.3. The van der Waals surface area contributed by atoms with Gasteiger partial charge < -0.3 is 15.2 Å². The molecule has 1 aliphatic rings. The molecule has 2 rings (SSSR count). The van der Waals surface area contributed by atoms with Crippen molar-refractivity contribution in [3.05, 3.63) is 35.5 Å². The van der Waals surface area contributed by atoms with Gasteiger partial charge in [0.1, 0.15) is 5.70 Å². The number of β-amino-alcohol motifs (C(OH)–C–C–N with tert-alkyl or cyclic N) is 1. The Labute approximate surface area is 125 Å². The summed E-state index contributed by atoms with van der Waals surface area (Å²) in [5.74, 6) is -3.62. The molecule has 2 N–H and O–H groups in total. The highest BCUT2D eigenvalue weighted by Gasteiger charge is 2.30. The number of amides is 2. The zero-order valence-corrected chi connectivity index (χ0v) is 11.7. The number of anilines is 1. The summed E-state index contributed by atoms with van der Waals surface area (Å²) < 4.78 is 32.3. The number of hydrogen-bond donors (Lipinski definition) is 2. The van der Waals surface area contributed by atoms with Gasteiger partial charge in [0.05, 0.1) is 19.8 Å². The van der Waals surface area contributed by atoms with Crippen LogP contribution in [0.3, 0.4) is 0 Å². The van der Waals surface area contributed by atoms with Crippen molar-refractivity contribution in [1.29, 1.82) is 0 Å². The number of rotatable bonds is 6. The van der Waals surface area contributed by atoms with Gasteiger partial charge in [-0.1, -0.05) is 0 Å². The van der Waals surface area contributed by atoms with Crippen molar-refractivity contribution in [2.45, 2.75) is 6.92 Å². The number of hydrogen-bond acceptors (Lipinski definition) is 5. The maximum Gasteiger partial charge on any atom is 0.277 e. The summed E-state index contributed by atoms with van der Waals surface area (Å²) >= 11 is 0. The third kappa shape index (κ3) is 3.06. The van der Waals surface area contributed by atoms with Crippen LogP contribution in [0.25, 0.3) is 0 Å². The molecule has 0 spiro atoms. The predicted molar refractivity (Wildman–Crippen MR) is 73.0 cm³/mol. The quantitative estimate of drug-likeness (QED) is 0.767. The molecule has 118 valence electrons. The SMILES string of the molecule is CCOc1c(F)cc(NC2=CC(=O)N(CCO)C2=O)cc1F. The smallest absolute Gasteiger partial charge is 0.277 e. The van der Waals surface area contributed by atoms with Crippen LogP contribution < -0.4 is 10.1 Å². The normalized spacial score (nSPS) is 14.4. The van der Waals surface area contributed by atoms with Crippen molar-refractivity contribution in [2.75, 3.05) is 25.1 Å². The molecule has 1 aromatic rings. The number of carbonyl (C=O) groups excluding carboxylic acids is 2. The van der Waals surface area contributed by atoms with Crippen molar-refractivity contribution in [3.63, 3.8) is 0 Å². The standard InChI is InChI=1S/C14H14F2N2O4/c1-2-22-13-9(15)5-8(6-10(13)16)17-11-7-12(20)18(3-4-19)14(11)21/h5-7,17,19H,2-4H2,1H3. The van der Waals surface area contributed by atoms with Crippen LogP contribution in [0.5, 0.6) is 5.75 Å². The number of nitrogens with zero attached hydrogens (tertiary/aromatic N) is 1. The summed E-state index contributed by atoms with van der Waals surface area (Å²) in [6.07, 6.45) is 1.00.